The number of alkyl carbamates (subject to hydrolysis) is 1. The van der Waals surface area contributed by atoms with Gasteiger partial charge < -0.3 is 34.9 Å². The molecule has 0 fully saturated rings. The van der Waals surface area contributed by atoms with Crippen molar-refractivity contribution in [1.29, 1.82) is 0 Å². The number of carbonyl (C=O) groups excluding carboxylic acids is 2. The lowest BCUT2D eigenvalue weighted by atomic mass is 10.0. The molecule has 0 aliphatic carbocycles. The monoisotopic (exact) mass is 565 g/mol. The van der Waals surface area contributed by atoms with Crippen LogP contribution in [0.25, 0.3) is 10.9 Å². The van der Waals surface area contributed by atoms with Gasteiger partial charge in [-0.3, -0.25) is 4.79 Å². The summed E-state index contributed by atoms with van der Waals surface area (Å²) in [6.07, 6.45) is 1.44. The van der Waals surface area contributed by atoms with Crippen molar-refractivity contribution in [3.05, 3.63) is 23.8 Å². The Bertz CT molecular complexity index is 1130. The van der Waals surface area contributed by atoms with Crippen LogP contribution in [0.3, 0.4) is 0 Å². The van der Waals surface area contributed by atoms with Gasteiger partial charge in [-0.25, -0.2) is 9.59 Å². The number of benzene rings is 1. The van der Waals surface area contributed by atoms with Crippen LogP contribution in [0.2, 0.25) is 0 Å². The number of nitrogens with one attached hydrogen (secondary N) is 3. The minimum atomic E-state index is -1.00. The molecule has 0 spiro atoms. The van der Waals surface area contributed by atoms with Crippen molar-refractivity contribution >= 4 is 40.7 Å². The molecule has 2 aromatic rings. The molecule has 0 saturated heterocycles. The highest BCUT2D eigenvalue weighted by molar-refractivity contribution is 7.99. The Hall–Kier alpha value is -2.92. The number of amides is 1. The van der Waals surface area contributed by atoms with Crippen molar-refractivity contribution in [2.24, 2.45) is 0 Å². The largest absolute Gasteiger partial charge is 0.494 e. The third-order valence-corrected chi connectivity index (χ3v) is 6.57. The van der Waals surface area contributed by atoms with Gasteiger partial charge >= 0.3 is 18.0 Å². The summed E-state index contributed by atoms with van der Waals surface area (Å²) in [5.74, 6) is -0.725. The van der Waals surface area contributed by atoms with Crippen molar-refractivity contribution in [2.45, 2.75) is 96.0 Å². The third-order valence-electron chi connectivity index (χ3n) is 5.44. The number of ether oxygens (including phenoxy) is 3. The molecule has 1 aromatic carbocycles. The molecule has 10 nitrogen and oxygen atoms in total. The van der Waals surface area contributed by atoms with E-state index in [4.69, 9.17) is 14.2 Å². The molecule has 0 radical (unpaired) electrons. The Morgan fingerprint density at radius 1 is 1.05 bits per heavy atom. The lowest BCUT2D eigenvalue weighted by Gasteiger charge is -2.26. The quantitative estimate of drug-likeness (QED) is 0.152. The molecule has 0 aliphatic rings. The average Bonchev–Trinajstić information content (AvgIpc) is 3.14. The number of H-pyrrole nitrogens is 1. The molecule has 0 bridgehead atoms. The van der Waals surface area contributed by atoms with Crippen molar-refractivity contribution < 1.29 is 33.7 Å². The number of hydrogen-bond donors (Lipinski definition) is 4. The van der Waals surface area contributed by atoms with Gasteiger partial charge in [-0.2, -0.15) is 0 Å². The van der Waals surface area contributed by atoms with Gasteiger partial charge in [0.1, 0.15) is 29.0 Å². The van der Waals surface area contributed by atoms with E-state index >= 15 is 0 Å². The number of aromatic amines is 1. The second-order valence-corrected chi connectivity index (χ2v) is 12.3. The van der Waals surface area contributed by atoms with Crippen LogP contribution < -0.4 is 15.4 Å². The smallest absolute Gasteiger partial charge is 0.408 e. The predicted molar refractivity (Wildman–Crippen MR) is 153 cm³/mol. The number of likely N-dealkylation sites (N-methyl/N-ethyl adjacent to an activating group) is 1. The number of thioether (sulfide) groups is 1. The summed E-state index contributed by atoms with van der Waals surface area (Å²) >= 11 is 1.30. The van der Waals surface area contributed by atoms with Crippen LogP contribution in [0.4, 0.5) is 4.79 Å². The Labute approximate surface area is 234 Å². The number of esters is 1. The molecule has 39 heavy (non-hydrogen) atoms. The van der Waals surface area contributed by atoms with Crippen molar-refractivity contribution in [3.63, 3.8) is 0 Å². The van der Waals surface area contributed by atoms with Gasteiger partial charge in [0.15, 0.2) is 0 Å². The van der Waals surface area contributed by atoms with Crippen molar-refractivity contribution in [3.8, 4) is 5.75 Å². The van der Waals surface area contributed by atoms with Crippen LogP contribution in [0.5, 0.6) is 5.75 Å². The zero-order valence-electron chi connectivity index (χ0n) is 24.2. The molecule has 0 aliphatic heterocycles. The average molecular weight is 566 g/mol. The van der Waals surface area contributed by atoms with Crippen LogP contribution in [0.15, 0.2) is 23.2 Å². The molecule has 1 aromatic heterocycles. The number of aromatic nitrogens is 1. The molecule has 1 heterocycles. The minimum absolute atomic E-state index is 0.130. The van der Waals surface area contributed by atoms with Crippen molar-refractivity contribution in [2.75, 3.05) is 19.4 Å². The van der Waals surface area contributed by atoms with E-state index in [9.17, 15) is 19.5 Å². The van der Waals surface area contributed by atoms with Gasteiger partial charge in [-0.1, -0.05) is 13.3 Å². The first-order chi connectivity index (χ1) is 18.1. The number of aliphatic carboxylic acids is 1. The fourth-order valence-electron chi connectivity index (χ4n) is 3.63. The summed E-state index contributed by atoms with van der Waals surface area (Å²) in [6, 6.07) is 3.84. The SMILES string of the molecule is CCCCOc1ccc2c(C[C@H](NC)C(=O)O)c(SC[C@H](NC(=O)OC(C)(C)C)C(=O)OC(C)(C)C)[nH]c2c1. The van der Waals surface area contributed by atoms with E-state index in [1.807, 2.05) is 18.2 Å². The fourth-order valence-corrected chi connectivity index (χ4v) is 4.74. The molecule has 0 unspecified atom stereocenters. The van der Waals surface area contributed by atoms with E-state index in [0.717, 1.165) is 29.3 Å². The second-order valence-electron chi connectivity index (χ2n) is 11.3. The van der Waals surface area contributed by atoms with Crippen LogP contribution in [-0.2, 0) is 25.5 Å². The standard InChI is InChI=1S/C28H43N3O7S/c1-9-10-13-36-17-11-12-18-19(15-21(29-8)24(32)33)23(30-20(18)14-17)39-16-22(25(34)37-27(2,3)4)31-26(35)38-28(5,6)7/h11-12,14,21-22,29-30H,9-10,13,15-16H2,1-8H3,(H,31,35)(H,32,33)/t21-,22-/m0/s1. The molecular formula is C28H43N3O7S. The maximum Gasteiger partial charge on any atom is 0.408 e. The number of carbonyl (C=O) groups is 3. The molecule has 11 heteroatoms. The molecule has 218 valence electrons. The Morgan fingerprint density at radius 2 is 1.72 bits per heavy atom. The van der Waals surface area contributed by atoms with Crippen molar-refractivity contribution in [1.82, 2.24) is 15.6 Å². The van der Waals surface area contributed by atoms with Gasteiger partial charge in [-0.15, -0.1) is 11.8 Å². The summed E-state index contributed by atoms with van der Waals surface area (Å²) < 4.78 is 16.8. The van der Waals surface area contributed by atoms with E-state index in [1.54, 1.807) is 48.6 Å². The number of fused-ring (bicyclic) bond motifs is 1. The van der Waals surface area contributed by atoms with Gasteiger partial charge in [-0.05, 0) is 72.7 Å². The summed E-state index contributed by atoms with van der Waals surface area (Å²) in [6.45, 7) is 13.2. The number of hydrogen-bond acceptors (Lipinski definition) is 8. The van der Waals surface area contributed by atoms with Crippen LogP contribution in [0.1, 0.15) is 66.9 Å². The number of carboxylic acids is 1. The van der Waals surface area contributed by atoms with Crippen LogP contribution >= 0.6 is 11.8 Å². The highest BCUT2D eigenvalue weighted by atomic mass is 32.2. The lowest BCUT2D eigenvalue weighted by molar-refractivity contribution is -0.156. The predicted octanol–water partition coefficient (Wildman–Crippen LogP) is 4.89. The van der Waals surface area contributed by atoms with Crippen LogP contribution in [0, 0.1) is 0 Å². The molecule has 0 saturated carbocycles. The summed E-state index contributed by atoms with van der Waals surface area (Å²) in [7, 11) is 1.60. The van der Waals surface area contributed by atoms with E-state index in [1.165, 1.54) is 11.8 Å². The zero-order chi connectivity index (χ0) is 29.4. The van der Waals surface area contributed by atoms with Gasteiger partial charge in [0.05, 0.1) is 17.1 Å². The minimum Gasteiger partial charge on any atom is -0.494 e. The summed E-state index contributed by atoms with van der Waals surface area (Å²) in [5.41, 5.74) is 0.0841. The zero-order valence-corrected chi connectivity index (χ0v) is 25.0. The number of carboxylic acid groups (broad SMARTS) is 1. The van der Waals surface area contributed by atoms with Gasteiger partial charge in [0.25, 0.3) is 0 Å². The Morgan fingerprint density at radius 3 is 2.28 bits per heavy atom. The number of rotatable bonds is 13. The first kappa shape index (κ1) is 32.3. The van der Waals surface area contributed by atoms with Crippen LogP contribution in [-0.4, -0.2) is 70.8 Å². The normalized spacial score (nSPS) is 13.5. The molecule has 2 rings (SSSR count). The first-order valence-corrected chi connectivity index (χ1v) is 14.1. The van der Waals surface area contributed by atoms with E-state index < -0.39 is 41.3 Å². The maximum atomic E-state index is 13.0. The van der Waals surface area contributed by atoms with Gasteiger partial charge in [0.2, 0.25) is 0 Å². The van der Waals surface area contributed by atoms with E-state index in [2.05, 4.69) is 22.5 Å². The molecule has 1 amide bonds. The first-order valence-electron chi connectivity index (χ1n) is 13.2. The Balaban J connectivity index is 2.39. The molecule has 4 N–H and O–H groups in total. The molecule has 2 atom stereocenters. The highest BCUT2D eigenvalue weighted by Crippen LogP contribution is 2.33. The fraction of sp³-hybridized carbons (Fsp3) is 0.607. The number of unbranched alkanes of at least 4 members (excludes halogenated alkanes) is 1. The lowest BCUT2D eigenvalue weighted by Crippen LogP contribution is -2.47. The van der Waals surface area contributed by atoms with E-state index in [0.29, 0.717) is 17.4 Å². The third kappa shape index (κ3) is 10.6. The topological polar surface area (TPSA) is 139 Å². The molecular weight excluding hydrogens is 522 g/mol. The second kappa shape index (κ2) is 13.9. The van der Waals surface area contributed by atoms with Gasteiger partial charge in [0, 0.05) is 23.6 Å². The Kier molecular flexibility index (Phi) is 11.5. The van der Waals surface area contributed by atoms with E-state index in [-0.39, 0.29) is 12.2 Å². The highest BCUT2D eigenvalue weighted by Gasteiger charge is 2.30. The maximum absolute atomic E-state index is 13.0. The summed E-state index contributed by atoms with van der Waals surface area (Å²) in [4.78, 5) is 40.7. The summed E-state index contributed by atoms with van der Waals surface area (Å²) in [5, 5.41) is 16.7.